The lowest BCUT2D eigenvalue weighted by molar-refractivity contribution is -0.137. The highest BCUT2D eigenvalue weighted by atomic mass is 16.5. The monoisotopic (exact) mass is 440 g/mol. The topological polar surface area (TPSA) is 106 Å². The van der Waals surface area contributed by atoms with Gasteiger partial charge in [0.25, 0.3) is 5.89 Å². The first-order valence-corrected chi connectivity index (χ1v) is 10.7. The summed E-state index contributed by atoms with van der Waals surface area (Å²) in [5.74, 6) is 0.511. The number of aliphatic carboxylic acids is 1. The molecule has 0 saturated heterocycles. The van der Waals surface area contributed by atoms with Gasteiger partial charge in [-0.15, -0.1) is 0 Å². The van der Waals surface area contributed by atoms with E-state index < -0.39 is 5.97 Å². The van der Waals surface area contributed by atoms with Gasteiger partial charge in [-0.05, 0) is 51.3 Å². The van der Waals surface area contributed by atoms with Crippen molar-refractivity contribution in [1.82, 2.24) is 9.88 Å². The number of unbranched alkanes of at least 4 members (excludes halogenated alkanes) is 2. The zero-order valence-corrected chi connectivity index (χ0v) is 18.3. The van der Waals surface area contributed by atoms with Gasteiger partial charge in [0.1, 0.15) is 5.75 Å². The second-order valence-electron chi connectivity index (χ2n) is 7.69. The third kappa shape index (κ3) is 6.23. The number of carboxylic acids is 1. The number of para-hydroxylation sites is 1. The molecule has 0 unspecified atom stereocenters. The van der Waals surface area contributed by atoms with E-state index in [9.17, 15) is 9.59 Å². The van der Waals surface area contributed by atoms with E-state index in [4.69, 9.17) is 18.7 Å². The first-order valence-electron chi connectivity index (χ1n) is 10.7. The lowest BCUT2D eigenvalue weighted by atomic mass is 10.1. The number of carboxylic acid groups (broad SMARTS) is 1. The van der Waals surface area contributed by atoms with Gasteiger partial charge in [-0.2, -0.15) is 0 Å². The molecule has 1 N–H and O–H groups in total. The van der Waals surface area contributed by atoms with Gasteiger partial charge in [0.05, 0.1) is 25.6 Å². The highest BCUT2D eigenvalue weighted by Crippen LogP contribution is 2.25. The Labute approximate surface area is 186 Å². The third-order valence-corrected chi connectivity index (χ3v) is 4.94. The highest BCUT2D eigenvalue weighted by Gasteiger charge is 2.25. The zero-order chi connectivity index (χ0) is 22.9. The fraction of sp³-hybridized carbons (Fsp3) is 0.375. The van der Waals surface area contributed by atoms with Crippen LogP contribution in [0.5, 0.6) is 5.75 Å². The normalized spacial score (nSPS) is 11.0. The smallest absolute Gasteiger partial charge is 0.310 e. The number of rotatable bonds is 12. The molecule has 32 heavy (non-hydrogen) atoms. The van der Waals surface area contributed by atoms with Crippen molar-refractivity contribution in [3.63, 3.8) is 0 Å². The lowest BCUT2D eigenvalue weighted by Crippen LogP contribution is -2.36. The molecule has 0 aliphatic rings. The van der Waals surface area contributed by atoms with Crippen LogP contribution in [-0.2, 0) is 11.3 Å². The van der Waals surface area contributed by atoms with Crippen molar-refractivity contribution in [2.75, 3.05) is 6.61 Å². The Hall–Kier alpha value is -3.55. The van der Waals surface area contributed by atoms with Crippen LogP contribution in [0.15, 0.2) is 57.7 Å². The van der Waals surface area contributed by atoms with E-state index >= 15 is 0 Å². The molecule has 0 aliphatic heterocycles. The van der Waals surface area contributed by atoms with Crippen molar-refractivity contribution >= 4 is 11.9 Å². The molecule has 0 saturated carbocycles. The fourth-order valence-corrected chi connectivity index (χ4v) is 3.21. The number of benzene rings is 1. The van der Waals surface area contributed by atoms with Gasteiger partial charge >= 0.3 is 11.9 Å². The summed E-state index contributed by atoms with van der Waals surface area (Å²) in [4.78, 5) is 29.5. The Balaban J connectivity index is 1.64. The Bertz CT molecular complexity index is 1010. The second kappa shape index (κ2) is 11.2. The summed E-state index contributed by atoms with van der Waals surface area (Å²) >= 11 is 0. The number of aromatic nitrogens is 1. The highest BCUT2D eigenvalue weighted by molar-refractivity contribution is 5.90. The molecule has 0 atom stereocenters. The first kappa shape index (κ1) is 23.1. The zero-order valence-electron chi connectivity index (χ0n) is 18.3. The second-order valence-corrected chi connectivity index (χ2v) is 7.69. The van der Waals surface area contributed by atoms with Crippen molar-refractivity contribution in [3.8, 4) is 17.3 Å². The standard InChI is InChI=1S/C24H28N2O6/c1-17(2)26(24(29)23-25-15-21(32-23)20-11-8-14-31-20)16-18-9-5-6-10-19(18)30-13-7-3-4-12-22(27)28/h5-6,8-11,14-15,17H,3-4,7,12-13,16H2,1-2H3,(H,27,28). The van der Waals surface area contributed by atoms with Gasteiger partial charge in [0.15, 0.2) is 11.5 Å². The summed E-state index contributed by atoms with van der Waals surface area (Å²) in [6, 6.07) is 11.0. The predicted octanol–water partition coefficient (Wildman–Crippen LogP) is 5.01. The van der Waals surface area contributed by atoms with Gasteiger partial charge in [-0.1, -0.05) is 18.2 Å². The molecule has 3 aromatic rings. The molecular weight excluding hydrogens is 412 g/mol. The van der Waals surface area contributed by atoms with Crippen LogP contribution in [0.2, 0.25) is 0 Å². The summed E-state index contributed by atoms with van der Waals surface area (Å²) in [5, 5.41) is 8.71. The Kier molecular flexibility index (Phi) is 8.08. The van der Waals surface area contributed by atoms with E-state index in [1.165, 1.54) is 12.5 Å². The van der Waals surface area contributed by atoms with Crippen LogP contribution >= 0.6 is 0 Å². The van der Waals surface area contributed by atoms with Gasteiger partial charge < -0.3 is 23.6 Å². The van der Waals surface area contributed by atoms with Crippen LogP contribution in [0.25, 0.3) is 11.5 Å². The molecule has 3 rings (SSSR count). The van der Waals surface area contributed by atoms with Crippen molar-refractivity contribution in [1.29, 1.82) is 0 Å². The van der Waals surface area contributed by atoms with Crippen LogP contribution in [-0.4, -0.2) is 39.5 Å². The van der Waals surface area contributed by atoms with E-state index in [-0.39, 0.29) is 24.3 Å². The number of carbonyl (C=O) groups excluding carboxylic acids is 1. The Morgan fingerprint density at radius 2 is 1.91 bits per heavy atom. The molecule has 8 nitrogen and oxygen atoms in total. The van der Waals surface area contributed by atoms with E-state index in [0.717, 1.165) is 18.4 Å². The molecule has 8 heteroatoms. The fourth-order valence-electron chi connectivity index (χ4n) is 3.21. The number of amides is 1. The molecular formula is C24H28N2O6. The molecule has 170 valence electrons. The largest absolute Gasteiger partial charge is 0.493 e. The molecule has 2 aromatic heterocycles. The predicted molar refractivity (Wildman–Crippen MR) is 117 cm³/mol. The number of ether oxygens (including phenoxy) is 1. The summed E-state index contributed by atoms with van der Waals surface area (Å²) < 4.78 is 16.9. The van der Waals surface area contributed by atoms with Crippen LogP contribution in [0.4, 0.5) is 0 Å². The molecule has 0 radical (unpaired) electrons. The van der Waals surface area contributed by atoms with E-state index in [0.29, 0.717) is 36.8 Å². The Morgan fingerprint density at radius 1 is 1.09 bits per heavy atom. The SMILES string of the molecule is CC(C)N(Cc1ccccc1OCCCCCC(=O)O)C(=O)c1ncc(-c2ccco2)o1. The minimum Gasteiger partial charge on any atom is -0.493 e. The van der Waals surface area contributed by atoms with Gasteiger partial charge in [0.2, 0.25) is 0 Å². The van der Waals surface area contributed by atoms with E-state index in [1.807, 2.05) is 38.1 Å². The number of furan rings is 1. The van der Waals surface area contributed by atoms with Crippen LogP contribution in [0.3, 0.4) is 0 Å². The van der Waals surface area contributed by atoms with Gasteiger partial charge in [0, 0.05) is 18.0 Å². The maximum absolute atomic E-state index is 13.1. The molecule has 0 aliphatic carbocycles. The molecule has 1 amide bonds. The minimum atomic E-state index is -0.781. The summed E-state index contributed by atoms with van der Waals surface area (Å²) in [7, 11) is 0. The number of hydrogen-bond donors (Lipinski definition) is 1. The van der Waals surface area contributed by atoms with Crippen LogP contribution in [0.1, 0.15) is 55.8 Å². The first-order chi connectivity index (χ1) is 15.5. The van der Waals surface area contributed by atoms with Crippen molar-refractivity contribution < 1.29 is 28.3 Å². The molecule has 0 spiro atoms. The number of carbonyl (C=O) groups is 2. The van der Waals surface area contributed by atoms with E-state index in [1.54, 1.807) is 17.0 Å². The quantitative estimate of drug-likeness (QED) is 0.395. The maximum atomic E-state index is 13.1. The van der Waals surface area contributed by atoms with Gasteiger partial charge in [-0.3, -0.25) is 9.59 Å². The average Bonchev–Trinajstić information content (AvgIpc) is 3.46. The Morgan fingerprint density at radius 3 is 2.62 bits per heavy atom. The molecule has 1 aromatic carbocycles. The molecule has 0 fully saturated rings. The number of hydrogen-bond acceptors (Lipinski definition) is 6. The number of oxazole rings is 1. The lowest BCUT2D eigenvalue weighted by Gasteiger charge is -2.26. The summed E-state index contributed by atoms with van der Waals surface area (Å²) in [6.07, 6.45) is 5.36. The maximum Gasteiger partial charge on any atom is 0.310 e. The average molecular weight is 440 g/mol. The van der Waals surface area contributed by atoms with Crippen LogP contribution in [0, 0.1) is 0 Å². The van der Waals surface area contributed by atoms with Crippen molar-refractivity contribution in [3.05, 3.63) is 60.3 Å². The van der Waals surface area contributed by atoms with Gasteiger partial charge in [-0.25, -0.2) is 4.98 Å². The summed E-state index contributed by atoms with van der Waals surface area (Å²) in [5.41, 5.74) is 0.873. The molecule has 0 bridgehead atoms. The molecule has 2 heterocycles. The van der Waals surface area contributed by atoms with Crippen LogP contribution < -0.4 is 4.74 Å². The minimum absolute atomic E-state index is 0.00179. The third-order valence-electron chi connectivity index (χ3n) is 4.94. The number of nitrogens with zero attached hydrogens (tertiary/aromatic N) is 2. The van der Waals surface area contributed by atoms with Crippen molar-refractivity contribution in [2.24, 2.45) is 0 Å². The van der Waals surface area contributed by atoms with Crippen molar-refractivity contribution in [2.45, 2.75) is 52.1 Å². The van der Waals surface area contributed by atoms with E-state index in [2.05, 4.69) is 4.98 Å². The summed E-state index contributed by atoms with van der Waals surface area (Å²) in [6.45, 7) is 4.68.